The molecule has 2 aliphatic heterocycles. The van der Waals surface area contributed by atoms with Gasteiger partial charge in [0.1, 0.15) is 17.6 Å². The van der Waals surface area contributed by atoms with Gasteiger partial charge in [-0.1, -0.05) is 18.2 Å². The third-order valence-corrected chi connectivity index (χ3v) is 7.87. The van der Waals surface area contributed by atoms with Crippen molar-refractivity contribution in [3.63, 3.8) is 0 Å². The lowest BCUT2D eigenvalue weighted by atomic mass is 9.63. The van der Waals surface area contributed by atoms with E-state index in [-0.39, 0.29) is 6.09 Å². The molecule has 1 amide bonds. The number of amides is 1. The van der Waals surface area contributed by atoms with Crippen molar-refractivity contribution in [2.75, 3.05) is 6.54 Å². The molecule has 2 spiro atoms. The summed E-state index contributed by atoms with van der Waals surface area (Å²) in [6, 6.07) is 6.84. The van der Waals surface area contributed by atoms with Gasteiger partial charge in [-0.3, -0.25) is 0 Å². The number of allylic oxidation sites excluding steroid dienone is 1. The SMILES string of the molecule is CC(C)(C)OC(=O)N1CCC2CC3(CC3C3=CO3)C3(CC3)c3cccc(c32)C1. The summed E-state index contributed by atoms with van der Waals surface area (Å²) in [6.45, 7) is 7.27. The van der Waals surface area contributed by atoms with Gasteiger partial charge in [-0.2, -0.15) is 0 Å². The maximum atomic E-state index is 12.8. The van der Waals surface area contributed by atoms with Gasteiger partial charge in [0.2, 0.25) is 0 Å². The van der Waals surface area contributed by atoms with E-state index in [1.807, 2.05) is 31.9 Å². The molecule has 2 fully saturated rings. The molecule has 28 heavy (non-hydrogen) atoms. The Morgan fingerprint density at radius 2 is 2.04 bits per heavy atom. The molecular formula is C24H29NO3. The predicted octanol–water partition coefficient (Wildman–Crippen LogP) is 5.22. The van der Waals surface area contributed by atoms with Crippen LogP contribution in [0.2, 0.25) is 0 Å². The first-order valence-electron chi connectivity index (χ1n) is 10.8. The van der Waals surface area contributed by atoms with E-state index in [2.05, 4.69) is 18.2 Å². The molecule has 2 heterocycles. The number of nitrogens with zero attached hydrogens (tertiary/aromatic N) is 1. The third-order valence-electron chi connectivity index (χ3n) is 7.87. The zero-order valence-electron chi connectivity index (χ0n) is 17.1. The van der Waals surface area contributed by atoms with Crippen LogP contribution in [-0.4, -0.2) is 23.1 Å². The van der Waals surface area contributed by atoms with E-state index >= 15 is 0 Å². The number of ether oxygens (including phenoxy) is 2. The molecule has 5 aliphatic rings. The summed E-state index contributed by atoms with van der Waals surface area (Å²) >= 11 is 0. The molecular weight excluding hydrogens is 350 g/mol. The average molecular weight is 380 g/mol. The maximum absolute atomic E-state index is 12.8. The van der Waals surface area contributed by atoms with Crippen molar-refractivity contribution >= 4 is 6.09 Å². The van der Waals surface area contributed by atoms with Crippen LogP contribution in [0.25, 0.3) is 0 Å². The minimum Gasteiger partial charge on any atom is -0.462 e. The van der Waals surface area contributed by atoms with Crippen LogP contribution in [0.15, 0.2) is 30.2 Å². The summed E-state index contributed by atoms with van der Waals surface area (Å²) in [5.74, 6) is 2.43. The van der Waals surface area contributed by atoms with E-state index in [4.69, 9.17) is 9.47 Å². The Morgan fingerprint density at radius 3 is 2.71 bits per heavy atom. The van der Waals surface area contributed by atoms with E-state index < -0.39 is 5.60 Å². The summed E-state index contributed by atoms with van der Waals surface area (Å²) in [4.78, 5) is 14.7. The van der Waals surface area contributed by atoms with Crippen molar-refractivity contribution in [2.24, 2.45) is 11.3 Å². The smallest absolute Gasteiger partial charge is 0.410 e. The van der Waals surface area contributed by atoms with Gasteiger partial charge < -0.3 is 14.4 Å². The molecule has 0 aromatic heterocycles. The first-order valence-corrected chi connectivity index (χ1v) is 10.8. The fourth-order valence-corrected chi connectivity index (χ4v) is 6.50. The lowest BCUT2D eigenvalue weighted by Crippen LogP contribution is -2.36. The van der Waals surface area contributed by atoms with Crippen molar-refractivity contribution in [1.82, 2.24) is 4.90 Å². The molecule has 1 aromatic rings. The van der Waals surface area contributed by atoms with Crippen molar-refractivity contribution < 1.29 is 14.3 Å². The van der Waals surface area contributed by atoms with E-state index in [1.165, 1.54) is 37.0 Å². The van der Waals surface area contributed by atoms with Gasteiger partial charge in [-0.15, -0.1) is 0 Å². The molecule has 3 aliphatic carbocycles. The normalized spacial score (nSPS) is 33.5. The van der Waals surface area contributed by atoms with Gasteiger partial charge in [-0.25, -0.2) is 4.79 Å². The second kappa shape index (κ2) is 5.14. The lowest BCUT2D eigenvalue weighted by molar-refractivity contribution is 0.0233. The lowest BCUT2D eigenvalue weighted by Gasteiger charge is -2.40. The second-order valence-electron chi connectivity index (χ2n) is 10.6. The maximum Gasteiger partial charge on any atom is 0.410 e. The third kappa shape index (κ3) is 2.26. The molecule has 0 radical (unpaired) electrons. The molecule has 4 heteroatoms. The van der Waals surface area contributed by atoms with Crippen LogP contribution < -0.4 is 0 Å². The zero-order chi connectivity index (χ0) is 19.3. The highest BCUT2D eigenvalue weighted by atomic mass is 16.6. The molecule has 3 unspecified atom stereocenters. The van der Waals surface area contributed by atoms with Crippen molar-refractivity contribution in [1.29, 1.82) is 0 Å². The summed E-state index contributed by atoms with van der Waals surface area (Å²) in [5, 5.41) is 0. The van der Waals surface area contributed by atoms with Crippen LogP contribution in [0, 0.1) is 11.3 Å². The van der Waals surface area contributed by atoms with Gasteiger partial charge in [0.25, 0.3) is 0 Å². The summed E-state index contributed by atoms with van der Waals surface area (Å²) in [6.07, 6.45) is 7.98. The summed E-state index contributed by atoms with van der Waals surface area (Å²) < 4.78 is 11.2. The van der Waals surface area contributed by atoms with Crippen molar-refractivity contribution in [2.45, 2.75) is 76.4 Å². The molecule has 0 N–H and O–H groups in total. The summed E-state index contributed by atoms with van der Waals surface area (Å²) in [7, 11) is 0. The van der Waals surface area contributed by atoms with Gasteiger partial charge >= 0.3 is 6.09 Å². The average Bonchev–Trinajstić information content (AvgIpc) is 3.49. The summed E-state index contributed by atoms with van der Waals surface area (Å²) in [5.41, 5.74) is 4.82. The molecule has 4 nitrogen and oxygen atoms in total. The van der Waals surface area contributed by atoms with Gasteiger partial charge in [0, 0.05) is 24.4 Å². The second-order valence-corrected chi connectivity index (χ2v) is 10.6. The topological polar surface area (TPSA) is 42.1 Å². The fourth-order valence-electron chi connectivity index (χ4n) is 6.50. The van der Waals surface area contributed by atoms with Crippen molar-refractivity contribution in [3.8, 4) is 0 Å². The fraction of sp³-hybridized carbons (Fsp3) is 0.625. The first-order chi connectivity index (χ1) is 13.3. The quantitative estimate of drug-likeness (QED) is 0.671. The predicted molar refractivity (Wildman–Crippen MR) is 106 cm³/mol. The molecule has 6 rings (SSSR count). The Labute approximate surface area is 166 Å². The Hall–Kier alpha value is -1.97. The Balaban J connectivity index is 1.36. The number of hydrogen-bond acceptors (Lipinski definition) is 3. The highest BCUT2D eigenvalue weighted by molar-refractivity contribution is 5.69. The number of carbonyl (C=O) groups excluding carboxylic acids is 1. The standard InChI is InChI=1S/C24H29NO3/c1-22(2,3)28-21(26)25-10-7-15-11-24(12-18(24)19-14-27-19)23(8-9-23)17-6-4-5-16(13-25)20(15)17/h4-6,14-15,18H,7-13H2,1-3H3. The zero-order valence-corrected chi connectivity index (χ0v) is 17.1. The van der Waals surface area contributed by atoms with E-state index in [0.717, 1.165) is 13.0 Å². The molecule has 3 atom stereocenters. The van der Waals surface area contributed by atoms with Gasteiger partial charge in [0.15, 0.2) is 0 Å². The van der Waals surface area contributed by atoms with Crippen LogP contribution in [0.5, 0.6) is 0 Å². The Morgan fingerprint density at radius 1 is 1.25 bits per heavy atom. The first kappa shape index (κ1) is 16.9. The molecule has 0 saturated heterocycles. The molecule has 1 aromatic carbocycles. The minimum absolute atomic E-state index is 0.180. The number of hydrogen-bond donors (Lipinski definition) is 0. The number of carbonyl (C=O) groups is 1. The van der Waals surface area contributed by atoms with E-state index in [1.54, 1.807) is 11.1 Å². The van der Waals surface area contributed by atoms with Gasteiger partial charge in [0.05, 0.1) is 0 Å². The Bertz CT molecular complexity index is 907. The van der Waals surface area contributed by atoms with Crippen molar-refractivity contribution in [3.05, 3.63) is 46.9 Å². The van der Waals surface area contributed by atoms with Crippen LogP contribution in [0.4, 0.5) is 4.79 Å². The minimum atomic E-state index is -0.456. The molecule has 2 saturated carbocycles. The monoisotopic (exact) mass is 379 g/mol. The van der Waals surface area contributed by atoms with Gasteiger partial charge in [-0.05, 0) is 80.9 Å². The highest BCUT2D eigenvalue weighted by Gasteiger charge is 2.75. The molecule has 148 valence electrons. The van der Waals surface area contributed by atoms with Crippen LogP contribution in [0.3, 0.4) is 0 Å². The van der Waals surface area contributed by atoms with E-state index in [0.29, 0.717) is 29.2 Å². The number of benzene rings is 1. The van der Waals surface area contributed by atoms with E-state index in [9.17, 15) is 4.79 Å². The number of fused-ring (bicyclic) bond motifs is 2. The number of rotatable bonds is 1. The largest absolute Gasteiger partial charge is 0.462 e. The Kier molecular flexibility index (Phi) is 3.11. The van der Waals surface area contributed by atoms with Crippen LogP contribution >= 0.6 is 0 Å². The molecule has 0 bridgehead atoms. The van der Waals surface area contributed by atoms with Crippen LogP contribution in [0.1, 0.15) is 75.5 Å². The van der Waals surface area contributed by atoms with Crippen LogP contribution in [-0.2, 0) is 21.4 Å². The highest BCUT2D eigenvalue weighted by Crippen LogP contribution is 2.81.